The number of hydrogen-bond acceptors (Lipinski definition) is 1. The third-order valence-electron chi connectivity index (χ3n) is 2.09. The van der Waals surface area contributed by atoms with E-state index in [1.54, 1.807) is 0 Å². The van der Waals surface area contributed by atoms with Crippen LogP contribution in [0.2, 0.25) is 0 Å². The fraction of sp³-hybridized carbons (Fsp3) is 0.875. The Bertz CT molecular complexity index is 103. The first-order valence-electron chi connectivity index (χ1n) is 3.63. The van der Waals surface area contributed by atoms with Gasteiger partial charge in [0.05, 0.1) is 0 Å². The van der Waals surface area contributed by atoms with E-state index in [0.717, 1.165) is 6.54 Å². The summed E-state index contributed by atoms with van der Waals surface area (Å²) in [4.78, 5) is 2.35. The Kier molecular flexibility index (Phi) is 59.0. The molecule has 0 amide bonds. The molecule has 0 atom stereocenters. The topological polar surface area (TPSA) is 3.24 Å². The van der Waals surface area contributed by atoms with Crippen molar-refractivity contribution in [3.8, 4) is 0 Å². The Morgan fingerprint density at radius 3 is 1.44 bits per heavy atom. The molecule has 0 N–H and O–H groups in total. The zero-order valence-electron chi connectivity index (χ0n) is 9.50. The molecule has 0 aromatic heterocycles. The van der Waals surface area contributed by atoms with E-state index < -0.39 is 0 Å². The van der Waals surface area contributed by atoms with Gasteiger partial charge in [0.25, 0.3) is 0 Å². The molecule has 0 aliphatic carbocycles. The van der Waals surface area contributed by atoms with E-state index in [0.29, 0.717) is 5.41 Å². The first kappa shape index (κ1) is 42.8. The van der Waals surface area contributed by atoms with Crippen LogP contribution in [-0.2, 0) is 147 Å². The van der Waals surface area contributed by atoms with Gasteiger partial charge in [-0.1, -0.05) is 20.3 Å². The van der Waals surface area contributed by atoms with Crippen LogP contribution < -0.4 is 0 Å². The third kappa shape index (κ3) is 21.1. The molecule has 1 fully saturated rings. The Labute approximate surface area is 201 Å². The second-order valence-electron chi connectivity index (χ2n) is 3.70. The average molecular weight is 1410 g/mol. The van der Waals surface area contributed by atoms with Crippen molar-refractivity contribution < 1.29 is 147 Å². The molecule has 0 unspecified atom stereocenters. The summed E-state index contributed by atoms with van der Waals surface area (Å²) < 4.78 is 0. The van der Waals surface area contributed by atoms with E-state index in [4.69, 9.17) is 0 Å². The molecule has 1 nitrogen and oxygen atoms in total. The number of rotatable bonds is 0. The molecule has 1 heterocycles. The van der Waals surface area contributed by atoms with Crippen LogP contribution in [0.25, 0.3) is 0 Å². The molecule has 1 rings (SSSR count). The Morgan fingerprint density at radius 2 is 1.25 bits per heavy atom. The predicted molar refractivity (Wildman–Crippen MR) is 40.2 cm³/mol. The van der Waals surface area contributed by atoms with Crippen LogP contribution in [0.15, 0.2) is 0 Å². The minimum atomic E-state index is 0. The molecule has 1 aliphatic heterocycles. The third-order valence-corrected chi connectivity index (χ3v) is 2.09. The van der Waals surface area contributed by atoms with Crippen LogP contribution >= 0.6 is 0 Å². The van der Waals surface area contributed by atoms with Crippen LogP contribution in [0, 0.1) is 11.8 Å². The molecular formula is C8H16NW7-. The van der Waals surface area contributed by atoms with Gasteiger partial charge in [0, 0.05) is 147 Å². The summed E-state index contributed by atoms with van der Waals surface area (Å²) in [6.07, 6.45) is 3.71. The molecule has 0 bridgehead atoms. The van der Waals surface area contributed by atoms with E-state index >= 15 is 0 Å². The first-order valence-corrected chi connectivity index (χ1v) is 3.63. The maximum atomic E-state index is 2.40. The molecule has 1 aliphatic rings. The predicted octanol–water partition coefficient (Wildman–Crippen LogP) is 1.53. The molecule has 96 valence electrons. The first-order chi connectivity index (χ1) is 4.10. The van der Waals surface area contributed by atoms with Gasteiger partial charge in [-0.2, -0.15) is 5.41 Å². The minimum absolute atomic E-state index is 0. The van der Waals surface area contributed by atoms with Crippen molar-refractivity contribution in [1.82, 2.24) is 4.90 Å². The van der Waals surface area contributed by atoms with Crippen molar-refractivity contribution in [2.75, 3.05) is 20.1 Å². The van der Waals surface area contributed by atoms with Gasteiger partial charge in [-0.15, -0.1) is 6.54 Å². The van der Waals surface area contributed by atoms with Crippen molar-refractivity contribution in [2.24, 2.45) is 5.41 Å². The molecule has 8 heteroatoms. The zero-order chi connectivity index (χ0) is 6.91. The molecule has 0 radical (unpaired) electrons. The van der Waals surface area contributed by atoms with E-state index in [2.05, 4.69) is 32.2 Å². The van der Waals surface area contributed by atoms with Gasteiger partial charge >= 0.3 is 0 Å². The van der Waals surface area contributed by atoms with Gasteiger partial charge in [0.1, 0.15) is 0 Å². The molecule has 0 aromatic carbocycles. The normalized spacial score (nSPS) is 15.9. The van der Waals surface area contributed by atoms with Crippen molar-refractivity contribution >= 4 is 0 Å². The van der Waals surface area contributed by atoms with Crippen molar-refractivity contribution in [1.29, 1.82) is 0 Å². The van der Waals surface area contributed by atoms with Crippen molar-refractivity contribution in [3.63, 3.8) is 0 Å². The summed E-state index contributed by atoms with van der Waals surface area (Å²) in [5.74, 6) is 0. The number of piperidine rings is 1. The van der Waals surface area contributed by atoms with Crippen LogP contribution in [0.3, 0.4) is 0 Å². The van der Waals surface area contributed by atoms with Crippen molar-refractivity contribution in [2.45, 2.75) is 20.3 Å². The number of nitrogens with zero attached hydrogens (tertiary/aromatic N) is 1. The quantitative estimate of drug-likeness (QED) is 0.334. The Balaban J connectivity index is -0.0000000231. The summed E-state index contributed by atoms with van der Waals surface area (Å²) in [6.45, 7) is 7.02. The Morgan fingerprint density at radius 1 is 0.875 bits per heavy atom. The van der Waals surface area contributed by atoms with E-state index in [1.807, 2.05) is 0 Å². The standard InChI is InChI=1S/C8H16N.7W/c1-8(2)4-6-9(3)7-5-8;;;;;;;/h4H,5-7H2,1-3H3;;;;;;;/q-1;;;;;;;. The van der Waals surface area contributed by atoms with Crippen LogP contribution in [-0.4, -0.2) is 25.0 Å². The van der Waals surface area contributed by atoms with Gasteiger partial charge in [-0.05, 0) is 13.6 Å². The van der Waals surface area contributed by atoms with E-state index in [9.17, 15) is 0 Å². The summed E-state index contributed by atoms with van der Waals surface area (Å²) in [5, 5.41) is 0. The monoisotopic (exact) mass is 1410 g/mol. The molecule has 16 heavy (non-hydrogen) atoms. The molecular weight excluding hydrogens is 1400 g/mol. The van der Waals surface area contributed by atoms with Gasteiger partial charge in [-0.3, -0.25) is 0 Å². The van der Waals surface area contributed by atoms with E-state index in [1.165, 1.54) is 13.0 Å². The molecule has 0 saturated carbocycles. The smallest absolute Gasteiger partial charge is 0 e. The average Bonchev–Trinajstić information content (AvgIpc) is 1.78. The SMILES string of the molecule is CN1C[CH-]C(C)(C)CC1.[W].[W].[W].[W].[W].[W].[W]. The Hall–Kier alpha value is 4.78. The van der Waals surface area contributed by atoms with Gasteiger partial charge in [0.2, 0.25) is 0 Å². The van der Waals surface area contributed by atoms with Gasteiger partial charge in [0.15, 0.2) is 0 Å². The largest absolute Gasteiger partial charge is 0.336 e. The molecule has 1 saturated heterocycles. The van der Waals surface area contributed by atoms with E-state index in [-0.39, 0.29) is 147 Å². The number of likely N-dealkylation sites (tertiary alicyclic amines) is 1. The second-order valence-corrected chi connectivity index (χ2v) is 3.70. The van der Waals surface area contributed by atoms with Crippen LogP contribution in [0.4, 0.5) is 0 Å². The molecule has 0 spiro atoms. The van der Waals surface area contributed by atoms with Gasteiger partial charge in [-0.25, -0.2) is 0 Å². The fourth-order valence-corrected chi connectivity index (χ4v) is 1.08. The second kappa shape index (κ2) is 22.1. The minimum Gasteiger partial charge on any atom is -0.336 e. The summed E-state index contributed by atoms with van der Waals surface area (Å²) in [7, 11) is 2.17. The van der Waals surface area contributed by atoms with Crippen LogP contribution in [0.1, 0.15) is 20.3 Å². The maximum absolute atomic E-state index is 2.40. The summed E-state index contributed by atoms with van der Waals surface area (Å²) >= 11 is 0. The van der Waals surface area contributed by atoms with Gasteiger partial charge < -0.3 is 11.3 Å². The van der Waals surface area contributed by atoms with Crippen LogP contribution in [0.5, 0.6) is 0 Å². The van der Waals surface area contributed by atoms with Crippen molar-refractivity contribution in [3.05, 3.63) is 6.42 Å². The summed E-state index contributed by atoms with van der Waals surface area (Å²) in [5.41, 5.74) is 0.493. The number of hydrogen-bond donors (Lipinski definition) is 0. The molecule has 0 aromatic rings. The fourth-order valence-electron chi connectivity index (χ4n) is 1.08. The summed E-state index contributed by atoms with van der Waals surface area (Å²) in [6, 6.07) is 0. The maximum Gasteiger partial charge on any atom is 0 e. The zero-order valence-corrected chi connectivity index (χ0v) is 30.0.